The number of amides is 2. The van der Waals surface area contributed by atoms with Gasteiger partial charge >= 0.3 is 6.03 Å². The lowest BCUT2D eigenvalue weighted by atomic mass is 9.91. The number of piperazine rings is 1. The first-order chi connectivity index (χ1) is 19.4. The van der Waals surface area contributed by atoms with E-state index in [0.717, 1.165) is 27.5 Å². The number of allylic oxidation sites excluding steroid dienone is 2. The van der Waals surface area contributed by atoms with Crippen molar-refractivity contribution in [3.8, 4) is 5.75 Å². The van der Waals surface area contributed by atoms with Crippen LogP contribution >= 0.6 is 11.3 Å². The maximum absolute atomic E-state index is 13.2. The average Bonchev–Trinajstić information content (AvgIpc) is 3.48. The van der Waals surface area contributed by atoms with Crippen molar-refractivity contribution in [2.75, 3.05) is 49.5 Å². The Labute approximate surface area is 239 Å². The molecule has 0 spiro atoms. The lowest BCUT2D eigenvalue weighted by Gasteiger charge is -2.40. The second-order valence-electron chi connectivity index (χ2n) is 10.9. The Kier molecular flexibility index (Phi) is 7.53. The number of ether oxygens (including phenoxy) is 1. The van der Waals surface area contributed by atoms with E-state index in [-0.39, 0.29) is 18.7 Å². The molecule has 3 aromatic rings. The topological polar surface area (TPSA) is 81.2 Å². The minimum atomic E-state index is -0.627. The number of rotatable bonds is 7. The number of fused-ring (bicyclic) bond motifs is 4. The zero-order valence-electron chi connectivity index (χ0n) is 23.3. The summed E-state index contributed by atoms with van der Waals surface area (Å²) >= 11 is 1.66. The molecule has 2 unspecified atom stereocenters. The minimum Gasteiger partial charge on any atom is -0.491 e. The van der Waals surface area contributed by atoms with Crippen molar-refractivity contribution in [3.05, 3.63) is 71.3 Å². The van der Waals surface area contributed by atoms with Crippen molar-refractivity contribution < 1.29 is 14.6 Å². The first-order valence-corrected chi connectivity index (χ1v) is 14.9. The van der Waals surface area contributed by atoms with Gasteiger partial charge in [-0.1, -0.05) is 24.3 Å². The van der Waals surface area contributed by atoms with Gasteiger partial charge in [-0.3, -0.25) is 4.90 Å². The van der Waals surface area contributed by atoms with E-state index >= 15 is 0 Å². The van der Waals surface area contributed by atoms with E-state index < -0.39 is 6.10 Å². The summed E-state index contributed by atoms with van der Waals surface area (Å²) in [6.07, 6.45) is 8.12. The molecule has 3 aliphatic rings. The van der Waals surface area contributed by atoms with E-state index in [2.05, 4.69) is 70.4 Å². The second kappa shape index (κ2) is 11.2. The van der Waals surface area contributed by atoms with Gasteiger partial charge in [-0.2, -0.15) is 0 Å². The third-order valence-electron chi connectivity index (χ3n) is 8.16. The molecule has 0 radical (unpaired) electrons. The van der Waals surface area contributed by atoms with Gasteiger partial charge in [-0.25, -0.2) is 9.78 Å². The van der Waals surface area contributed by atoms with E-state index in [4.69, 9.17) is 4.74 Å². The Bertz CT molecular complexity index is 1450. The number of aryl methyl sites for hydroxylation is 1. The lowest BCUT2D eigenvalue weighted by molar-refractivity contribution is 0.0307. The number of likely N-dealkylation sites (N-methyl/N-ethyl adjacent to an activating group) is 1. The van der Waals surface area contributed by atoms with Crippen molar-refractivity contribution >= 4 is 39.0 Å². The van der Waals surface area contributed by atoms with Crippen LogP contribution in [-0.4, -0.2) is 83.4 Å². The third-order valence-corrected chi connectivity index (χ3v) is 9.11. The van der Waals surface area contributed by atoms with E-state index in [1.54, 1.807) is 11.3 Å². The highest BCUT2D eigenvalue weighted by Crippen LogP contribution is 2.44. The highest BCUT2D eigenvalue weighted by molar-refractivity contribution is 7.18. The molecule has 2 N–H and O–H groups in total. The Morgan fingerprint density at radius 1 is 1.20 bits per heavy atom. The molecule has 4 atom stereocenters. The first kappa shape index (κ1) is 26.8. The monoisotopic (exact) mass is 559 g/mol. The molecular weight excluding hydrogens is 522 g/mol. The summed E-state index contributed by atoms with van der Waals surface area (Å²) < 4.78 is 7.00. The van der Waals surface area contributed by atoms with Crippen molar-refractivity contribution in [3.63, 3.8) is 0 Å². The van der Waals surface area contributed by atoms with E-state index in [0.29, 0.717) is 43.9 Å². The van der Waals surface area contributed by atoms with Crippen LogP contribution in [0.1, 0.15) is 30.3 Å². The SMILES string of the molecule is CCN1c2ccc(NC(=O)N3CCN(C[C@@H](O)COc4ccc5sc(C)nc5c4)[C@@H](C)C3)cc2C2C=CC=CC21. The second-order valence-corrected chi connectivity index (χ2v) is 12.1. The van der Waals surface area contributed by atoms with Crippen LogP contribution < -0.4 is 15.0 Å². The zero-order valence-corrected chi connectivity index (χ0v) is 24.1. The molecule has 1 aromatic heterocycles. The predicted molar refractivity (Wildman–Crippen MR) is 162 cm³/mol. The van der Waals surface area contributed by atoms with Gasteiger partial charge in [-0.05, 0) is 56.7 Å². The number of β-amino-alcohol motifs (C(OH)–C–C–N with tert-alkyl or cyclic N) is 1. The van der Waals surface area contributed by atoms with Crippen molar-refractivity contribution in [2.45, 2.75) is 44.9 Å². The largest absolute Gasteiger partial charge is 0.491 e. The predicted octanol–water partition coefficient (Wildman–Crippen LogP) is 5.00. The molecule has 1 aliphatic carbocycles. The van der Waals surface area contributed by atoms with Crippen molar-refractivity contribution in [2.24, 2.45) is 0 Å². The molecule has 2 aromatic carbocycles. The molecule has 9 heteroatoms. The van der Waals surface area contributed by atoms with Crippen molar-refractivity contribution in [1.82, 2.24) is 14.8 Å². The highest BCUT2D eigenvalue weighted by atomic mass is 32.1. The minimum absolute atomic E-state index is 0.0797. The van der Waals surface area contributed by atoms with Crippen LogP contribution in [-0.2, 0) is 0 Å². The van der Waals surface area contributed by atoms with Crippen molar-refractivity contribution in [1.29, 1.82) is 0 Å². The van der Waals surface area contributed by atoms with Crippen LogP contribution in [0.2, 0.25) is 0 Å². The number of nitrogens with one attached hydrogen (secondary N) is 1. The van der Waals surface area contributed by atoms with Crippen LogP contribution in [0.5, 0.6) is 5.75 Å². The standard InChI is InChI=1S/C31H37N5O3S/c1-4-36-28-8-6-5-7-25(28)26-15-22(9-11-29(26)36)33-31(38)35-14-13-34(20(2)17-35)18-23(37)19-39-24-10-12-30-27(16-24)32-21(3)40-30/h5-12,15-16,20,23,25,28,37H,4,13-14,17-19H2,1-3H3,(H,33,38)/t20-,23+,25?,28?/m0/s1. The Morgan fingerprint density at radius 2 is 2.05 bits per heavy atom. The van der Waals surface area contributed by atoms with Gasteiger partial charge in [-0.15, -0.1) is 11.3 Å². The van der Waals surface area contributed by atoms with Crippen LogP contribution in [0.4, 0.5) is 16.2 Å². The van der Waals surface area contributed by atoms with Crippen LogP contribution in [0.25, 0.3) is 10.2 Å². The highest BCUT2D eigenvalue weighted by Gasteiger charge is 2.36. The number of carbonyl (C=O) groups excluding carboxylic acids is 1. The molecule has 1 fully saturated rings. The van der Waals surface area contributed by atoms with Gasteiger partial charge in [0.25, 0.3) is 0 Å². The fourth-order valence-corrected chi connectivity index (χ4v) is 6.97. The number of anilines is 2. The molecule has 2 amide bonds. The van der Waals surface area contributed by atoms with Crippen LogP contribution in [0.3, 0.4) is 0 Å². The zero-order chi connectivity index (χ0) is 27.8. The van der Waals surface area contributed by atoms with Gasteiger partial charge < -0.3 is 25.0 Å². The average molecular weight is 560 g/mol. The molecule has 6 rings (SSSR count). The fraction of sp³-hybridized carbons (Fsp3) is 0.419. The number of hydrogen-bond acceptors (Lipinski definition) is 7. The van der Waals surface area contributed by atoms with E-state index in [1.807, 2.05) is 36.1 Å². The van der Waals surface area contributed by atoms with Gasteiger partial charge in [0.2, 0.25) is 0 Å². The number of nitrogens with zero attached hydrogens (tertiary/aromatic N) is 4. The molecule has 0 bridgehead atoms. The molecule has 2 aliphatic heterocycles. The van der Waals surface area contributed by atoms with Gasteiger partial charge in [0.05, 0.1) is 21.3 Å². The number of aromatic nitrogens is 1. The molecule has 1 saturated heterocycles. The summed E-state index contributed by atoms with van der Waals surface area (Å²) in [5, 5.41) is 14.8. The molecule has 0 saturated carbocycles. The van der Waals surface area contributed by atoms with Crippen LogP contribution in [0.15, 0.2) is 60.7 Å². The molecule has 3 heterocycles. The number of aliphatic hydroxyl groups excluding tert-OH is 1. The number of carbonyl (C=O) groups is 1. The first-order valence-electron chi connectivity index (χ1n) is 14.1. The summed E-state index contributed by atoms with van der Waals surface area (Å²) in [6, 6.07) is 12.5. The van der Waals surface area contributed by atoms with Gasteiger partial charge in [0, 0.05) is 62.1 Å². The normalized spacial score (nSPS) is 22.9. The Hall–Kier alpha value is -3.40. The molecule has 8 nitrogen and oxygen atoms in total. The summed E-state index contributed by atoms with van der Waals surface area (Å²) in [4.78, 5) is 24.2. The molecule has 40 heavy (non-hydrogen) atoms. The maximum atomic E-state index is 13.2. The van der Waals surface area contributed by atoms with Gasteiger partial charge in [0.1, 0.15) is 18.5 Å². The maximum Gasteiger partial charge on any atom is 0.321 e. The Balaban J connectivity index is 1.01. The Morgan fingerprint density at radius 3 is 2.88 bits per heavy atom. The number of thiazole rings is 1. The summed E-state index contributed by atoms with van der Waals surface area (Å²) in [5.41, 5.74) is 4.26. The van der Waals surface area contributed by atoms with E-state index in [9.17, 15) is 9.90 Å². The fourth-order valence-electron chi connectivity index (χ4n) is 6.16. The molecule has 210 valence electrons. The third kappa shape index (κ3) is 5.33. The summed E-state index contributed by atoms with van der Waals surface area (Å²) in [6.45, 7) is 9.85. The van der Waals surface area contributed by atoms with Gasteiger partial charge in [0.15, 0.2) is 0 Å². The number of aliphatic hydroxyl groups is 1. The summed E-state index contributed by atoms with van der Waals surface area (Å²) in [5.74, 6) is 1.03. The van der Waals surface area contributed by atoms with E-state index in [1.165, 1.54) is 11.3 Å². The lowest BCUT2D eigenvalue weighted by Crippen LogP contribution is -2.56. The smallest absolute Gasteiger partial charge is 0.321 e. The molecular formula is C31H37N5O3S. The summed E-state index contributed by atoms with van der Waals surface area (Å²) in [7, 11) is 0. The number of urea groups is 1. The van der Waals surface area contributed by atoms with Crippen LogP contribution in [0, 0.1) is 6.92 Å². The quantitative estimate of drug-likeness (QED) is 0.424. The number of benzene rings is 2. The number of hydrogen-bond donors (Lipinski definition) is 2.